The van der Waals surface area contributed by atoms with Gasteiger partial charge in [-0.15, -0.1) is 16.9 Å². The molecular weight excluding hydrogens is 460 g/mol. The summed E-state index contributed by atoms with van der Waals surface area (Å²) in [7, 11) is -0.792. The Balaban J connectivity index is 1.83. The predicted molar refractivity (Wildman–Crippen MR) is 105 cm³/mol. The van der Waals surface area contributed by atoms with Gasteiger partial charge in [0.1, 0.15) is 16.8 Å². The average molecular weight is 479 g/mol. The average Bonchev–Trinajstić information content (AvgIpc) is 3.06. The second kappa shape index (κ2) is 8.16. The number of thioether (sulfide) groups is 2. The molecule has 1 aromatic rings. The summed E-state index contributed by atoms with van der Waals surface area (Å²) in [5.74, 6) is -3.33. The number of fused-ring (bicyclic) bond motifs is 1. The minimum Gasteiger partial charge on any atom is -0.477 e. The van der Waals surface area contributed by atoms with Crippen LogP contribution in [0.15, 0.2) is 16.4 Å². The topological polar surface area (TPSA) is 174 Å². The Bertz CT molecular complexity index is 1040. The van der Waals surface area contributed by atoms with Gasteiger partial charge < -0.3 is 15.2 Å². The molecule has 2 amide bonds. The third-order valence-corrected chi connectivity index (χ3v) is 7.57. The molecule has 1 saturated heterocycles. The summed E-state index contributed by atoms with van der Waals surface area (Å²) in [5, 5.41) is 22.7. The van der Waals surface area contributed by atoms with Crippen molar-refractivity contribution in [3.8, 4) is 0 Å². The molecule has 164 valence electrons. The molecule has 3 heterocycles. The number of carboxylic acids is 1. The van der Waals surface area contributed by atoms with E-state index in [0.717, 1.165) is 11.2 Å². The van der Waals surface area contributed by atoms with Gasteiger partial charge in [-0.05, 0) is 16.0 Å². The van der Waals surface area contributed by atoms with Crippen LogP contribution in [0.25, 0.3) is 0 Å². The first kappa shape index (κ1) is 22.5. The van der Waals surface area contributed by atoms with Gasteiger partial charge in [-0.2, -0.15) is 0 Å². The highest BCUT2D eigenvalue weighted by molar-refractivity contribution is 8.01. The Morgan fingerprint density at radius 1 is 1.47 bits per heavy atom. The van der Waals surface area contributed by atoms with E-state index in [2.05, 4.69) is 20.8 Å². The number of sulfone groups is 1. The maximum atomic E-state index is 12.9. The van der Waals surface area contributed by atoms with Crippen molar-refractivity contribution in [1.82, 2.24) is 30.4 Å². The Labute approximate surface area is 179 Å². The number of ether oxygens (including phenoxy) is 1. The van der Waals surface area contributed by atoms with Gasteiger partial charge in [-0.25, -0.2) is 17.9 Å². The lowest BCUT2D eigenvalue weighted by Gasteiger charge is -2.55. The van der Waals surface area contributed by atoms with Crippen LogP contribution >= 0.6 is 23.5 Å². The maximum absolute atomic E-state index is 12.9. The van der Waals surface area contributed by atoms with E-state index in [1.165, 1.54) is 35.3 Å². The monoisotopic (exact) mass is 478 g/mol. The Morgan fingerprint density at radius 2 is 2.17 bits per heavy atom. The predicted octanol–water partition coefficient (Wildman–Crippen LogP) is -1.94. The number of tetrazole rings is 1. The number of nitrogens with one attached hydrogen (secondary N) is 1. The number of aliphatic carboxylic acids is 1. The molecule has 2 atom stereocenters. The molecule has 0 bridgehead atoms. The van der Waals surface area contributed by atoms with Gasteiger partial charge in [-0.3, -0.25) is 14.5 Å². The van der Waals surface area contributed by atoms with E-state index in [4.69, 9.17) is 4.74 Å². The van der Waals surface area contributed by atoms with Crippen LogP contribution < -0.4 is 5.32 Å². The van der Waals surface area contributed by atoms with E-state index < -0.39 is 44.5 Å². The first-order valence-corrected chi connectivity index (χ1v) is 12.4. The molecule has 30 heavy (non-hydrogen) atoms. The Kier molecular flexibility index (Phi) is 6.13. The number of aryl methyl sites for hydroxylation is 1. The quantitative estimate of drug-likeness (QED) is 0.241. The second-order valence-corrected chi connectivity index (χ2v) is 10.7. The maximum Gasteiger partial charge on any atom is 0.352 e. The number of β-lactam (4-membered cyclic amide) rings is 1. The second-order valence-electron chi connectivity index (χ2n) is 6.53. The number of hydrogen-bond donors (Lipinski definition) is 2. The van der Waals surface area contributed by atoms with Gasteiger partial charge >= 0.3 is 5.97 Å². The fraction of sp³-hybridized carbons (Fsp3) is 0.571. The third kappa shape index (κ3) is 4.03. The van der Waals surface area contributed by atoms with Crippen molar-refractivity contribution in [3.05, 3.63) is 11.3 Å². The Hall–Kier alpha value is -2.17. The highest BCUT2D eigenvalue weighted by Gasteiger charge is 2.66. The van der Waals surface area contributed by atoms with Crippen molar-refractivity contribution in [2.24, 2.45) is 7.05 Å². The summed E-state index contributed by atoms with van der Waals surface area (Å²) in [4.78, 5) is 37.9. The number of carbonyl (C=O) groups is 3. The summed E-state index contributed by atoms with van der Waals surface area (Å²) < 4.78 is 29.4. The third-order valence-electron chi connectivity index (χ3n) is 4.31. The molecule has 2 aliphatic rings. The van der Waals surface area contributed by atoms with E-state index in [0.29, 0.717) is 10.7 Å². The number of carbonyl (C=O) groups excluding carboxylic acids is 2. The van der Waals surface area contributed by atoms with Crippen LogP contribution in [0, 0.1) is 0 Å². The molecule has 1 fully saturated rings. The van der Waals surface area contributed by atoms with Crippen LogP contribution in [0.1, 0.15) is 0 Å². The van der Waals surface area contributed by atoms with E-state index >= 15 is 0 Å². The molecule has 13 nitrogen and oxygen atoms in total. The lowest BCUT2D eigenvalue weighted by molar-refractivity contribution is -0.192. The molecule has 0 aliphatic carbocycles. The molecule has 0 saturated carbocycles. The summed E-state index contributed by atoms with van der Waals surface area (Å²) in [6, 6.07) is 0. The molecule has 1 aromatic heterocycles. The number of aromatic nitrogens is 4. The standard InChI is InChI=1S/C14H18N6O7S3/c1-19-13(16-17-18-19)29-5-7-4-28-12-14(27-2,15-8(21)6-30(3,25)26)11(24)20(12)9(7)10(22)23/h12H,4-6H2,1-3H3,(H,15,21)(H,22,23)/t12-,14-/m0/s1. The molecule has 0 unspecified atom stereocenters. The molecule has 3 rings (SSSR count). The number of nitrogens with zero attached hydrogens (tertiary/aromatic N) is 5. The summed E-state index contributed by atoms with van der Waals surface area (Å²) in [5.41, 5.74) is -1.55. The molecule has 0 aromatic carbocycles. The molecule has 0 spiro atoms. The van der Waals surface area contributed by atoms with Crippen molar-refractivity contribution < 1.29 is 32.6 Å². The SMILES string of the molecule is CO[C@@]1(NC(=O)CS(C)(=O)=O)C(=O)N2C(C(=O)O)=C(CSc3nnnn3C)CS[C@H]21. The van der Waals surface area contributed by atoms with E-state index in [1.807, 2.05) is 0 Å². The van der Waals surface area contributed by atoms with E-state index in [-0.39, 0.29) is 17.2 Å². The number of methoxy groups -OCH3 is 1. The first-order chi connectivity index (χ1) is 14.0. The number of rotatable bonds is 8. The number of amides is 2. The van der Waals surface area contributed by atoms with Crippen molar-refractivity contribution >= 4 is 51.1 Å². The van der Waals surface area contributed by atoms with Gasteiger partial charge in [0, 0.05) is 31.9 Å². The van der Waals surface area contributed by atoms with E-state index in [1.54, 1.807) is 7.05 Å². The zero-order chi connectivity index (χ0) is 22.3. The Morgan fingerprint density at radius 3 is 2.70 bits per heavy atom. The fourth-order valence-electron chi connectivity index (χ4n) is 3.03. The van der Waals surface area contributed by atoms with Crippen molar-refractivity contribution in [1.29, 1.82) is 0 Å². The molecule has 0 radical (unpaired) electrons. The largest absolute Gasteiger partial charge is 0.477 e. The van der Waals surface area contributed by atoms with Crippen LogP contribution in [0.2, 0.25) is 0 Å². The smallest absolute Gasteiger partial charge is 0.352 e. The molecule has 2 aliphatic heterocycles. The van der Waals surface area contributed by atoms with Gasteiger partial charge in [0.05, 0.1) is 0 Å². The van der Waals surface area contributed by atoms with Crippen LogP contribution in [0.3, 0.4) is 0 Å². The molecule has 16 heteroatoms. The van der Waals surface area contributed by atoms with Crippen LogP contribution in [0.5, 0.6) is 0 Å². The summed E-state index contributed by atoms with van der Waals surface area (Å²) in [6.45, 7) is 0. The summed E-state index contributed by atoms with van der Waals surface area (Å²) >= 11 is 2.42. The molecule has 2 N–H and O–H groups in total. The number of hydrogen-bond acceptors (Lipinski definition) is 11. The van der Waals surface area contributed by atoms with Gasteiger partial charge in [-0.1, -0.05) is 11.8 Å². The highest BCUT2D eigenvalue weighted by atomic mass is 32.2. The molecular formula is C14H18N6O7S3. The van der Waals surface area contributed by atoms with Gasteiger partial charge in [0.15, 0.2) is 9.84 Å². The van der Waals surface area contributed by atoms with Crippen LogP contribution in [-0.4, -0.2) is 98.1 Å². The van der Waals surface area contributed by atoms with Crippen molar-refractivity contribution in [2.75, 3.05) is 30.6 Å². The zero-order valence-corrected chi connectivity index (χ0v) is 18.5. The lowest BCUT2D eigenvalue weighted by Crippen LogP contribution is -2.81. The minimum atomic E-state index is -3.62. The lowest BCUT2D eigenvalue weighted by atomic mass is 9.98. The highest BCUT2D eigenvalue weighted by Crippen LogP contribution is 2.47. The normalized spacial score (nSPS) is 23.8. The zero-order valence-electron chi connectivity index (χ0n) is 16.1. The number of carboxylic acid groups (broad SMARTS) is 1. The fourth-order valence-corrected chi connectivity index (χ4v) is 6.01. The van der Waals surface area contributed by atoms with Gasteiger partial charge in [0.25, 0.3) is 11.6 Å². The van der Waals surface area contributed by atoms with Gasteiger partial charge in [0.2, 0.25) is 11.1 Å². The van der Waals surface area contributed by atoms with Crippen LogP contribution in [0.4, 0.5) is 0 Å². The van der Waals surface area contributed by atoms with Crippen LogP contribution in [-0.2, 0) is 36.0 Å². The summed E-state index contributed by atoms with van der Waals surface area (Å²) in [6.07, 6.45) is 0.887. The van der Waals surface area contributed by atoms with E-state index in [9.17, 15) is 27.9 Å². The van der Waals surface area contributed by atoms with Crippen molar-refractivity contribution in [2.45, 2.75) is 16.3 Å². The van der Waals surface area contributed by atoms with Crippen molar-refractivity contribution in [3.63, 3.8) is 0 Å². The first-order valence-electron chi connectivity index (χ1n) is 8.29. The minimum absolute atomic E-state index is 0.198.